The second-order valence-electron chi connectivity index (χ2n) is 3.29. The summed E-state index contributed by atoms with van der Waals surface area (Å²) in [6, 6.07) is 1.19. The molecule has 0 bridgehead atoms. The first-order valence-electron chi connectivity index (χ1n) is 4.25. The Morgan fingerprint density at radius 1 is 1.09 bits per heavy atom. The Bertz CT molecular complexity index is 140. The van der Waals surface area contributed by atoms with E-state index in [4.69, 9.17) is 0 Å². The normalized spacial score (nSPS) is 10.5. The van der Waals surface area contributed by atoms with Gasteiger partial charge in [0.05, 0.1) is 6.54 Å². The quantitative estimate of drug-likeness (QED) is 0.561. The number of rotatable bonds is 3. The summed E-state index contributed by atoms with van der Waals surface area (Å²) >= 11 is 0. The largest absolute Gasteiger partial charge is 0.287 e. The van der Waals surface area contributed by atoms with Crippen molar-refractivity contribution in [1.29, 1.82) is 0 Å². The van der Waals surface area contributed by atoms with Gasteiger partial charge >= 0.3 is 0 Å². The average Bonchev–Trinajstić information content (AvgIpc) is 1.87. The molecule has 0 heterocycles. The van der Waals surface area contributed by atoms with E-state index in [1.807, 2.05) is 6.92 Å². The summed E-state index contributed by atoms with van der Waals surface area (Å²) < 4.78 is 0. The van der Waals surface area contributed by atoms with Crippen LogP contribution in [-0.2, 0) is 0 Å². The third-order valence-electron chi connectivity index (χ3n) is 1.76. The fourth-order valence-corrected chi connectivity index (χ4v) is 1.13. The summed E-state index contributed by atoms with van der Waals surface area (Å²) in [5.74, 6) is 6.00. The highest BCUT2D eigenvalue weighted by Crippen LogP contribution is 2.02. The van der Waals surface area contributed by atoms with Gasteiger partial charge in [-0.15, -0.1) is 5.92 Å². The molecule has 0 radical (unpaired) electrons. The lowest BCUT2D eigenvalue weighted by Crippen LogP contribution is -2.37. The van der Waals surface area contributed by atoms with Crippen molar-refractivity contribution in [2.75, 3.05) is 6.54 Å². The van der Waals surface area contributed by atoms with Gasteiger partial charge in [-0.05, 0) is 34.6 Å². The van der Waals surface area contributed by atoms with Crippen molar-refractivity contribution >= 4 is 0 Å². The predicted octanol–water partition coefficient (Wildman–Crippen LogP) is 2.13. The molecule has 0 aliphatic heterocycles. The van der Waals surface area contributed by atoms with Crippen LogP contribution in [0.1, 0.15) is 34.6 Å². The molecule has 0 aromatic carbocycles. The SMILES string of the molecule is CC#CCN(C(C)C)C(C)C. The fraction of sp³-hybridized carbons (Fsp3) is 0.800. The summed E-state index contributed by atoms with van der Waals surface area (Å²) in [6.07, 6.45) is 0. The molecule has 11 heavy (non-hydrogen) atoms. The summed E-state index contributed by atoms with van der Waals surface area (Å²) in [6.45, 7) is 11.6. The lowest BCUT2D eigenvalue weighted by Gasteiger charge is -2.28. The molecule has 64 valence electrons. The van der Waals surface area contributed by atoms with E-state index in [0.717, 1.165) is 6.54 Å². The Morgan fingerprint density at radius 3 is 1.82 bits per heavy atom. The molecule has 0 amide bonds. The molecule has 0 fully saturated rings. The van der Waals surface area contributed by atoms with Crippen LogP contribution in [0, 0.1) is 11.8 Å². The Kier molecular flexibility index (Phi) is 4.98. The molecule has 1 heteroatoms. The van der Waals surface area contributed by atoms with Gasteiger partial charge in [0.15, 0.2) is 0 Å². The maximum Gasteiger partial charge on any atom is 0.0605 e. The van der Waals surface area contributed by atoms with E-state index in [-0.39, 0.29) is 0 Å². The van der Waals surface area contributed by atoms with Crippen molar-refractivity contribution in [3.8, 4) is 11.8 Å². The molecule has 0 atom stereocenters. The predicted molar refractivity (Wildman–Crippen MR) is 50.4 cm³/mol. The van der Waals surface area contributed by atoms with Crippen molar-refractivity contribution in [3.63, 3.8) is 0 Å². The third-order valence-corrected chi connectivity index (χ3v) is 1.76. The van der Waals surface area contributed by atoms with Gasteiger partial charge in [0, 0.05) is 12.1 Å². The van der Waals surface area contributed by atoms with Crippen LogP contribution < -0.4 is 0 Å². The van der Waals surface area contributed by atoms with Gasteiger partial charge in [-0.1, -0.05) is 5.92 Å². The van der Waals surface area contributed by atoms with E-state index >= 15 is 0 Å². The topological polar surface area (TPSA) is 3.24 Å². The Balaban J connectivity index is 3.96. The molecule has 0 aromatic rings. The molecule has 0 saturated heterocycles. The lowest BCUT2D eigenvalue weighted by molar-refractivity contribution is 0.200. The zero-order valence-corrected chi connectivity index (χ0v) is 8.31. The van der Waals surface area contributed by atoms with Gasteiger partial charge in [0.2, 0.25) is 0 Å². The molecule has 0 saturated carbocycles. The molecular weight excluding hydrogens is 134 g/mol. The van der Waals surface area contributed by atoms with E-state index in [0.29, 0.717) is 12.1 Å². The van der Waals surface area contributed by atoms with Gasteiger partial charge < -0.3 is 0 Å². The van der Waals surface area contributed by atoms with Crippen LogP contribution in [0.15, 0.2) is 0 Å². The molecule has 0 rings (SSSR count). The first-order valence-corrected chi connectivity index (χ1v) is 4.25. The van der Waals surface area contributed by atoms with Crippen molar-refractivity contribution in [1.82, 2.24) is 4.90 Å². The summed E-state index contributed by atoms with van der Waals surface area (Å²) in [5.41, 5.74) is 0. The monoisotopic (exact) mass is 153 g/mol. The van der Waals surface area contributed by atoms with Crippen molar-refractivity contribution in [2.45, 2.75) is 46.7 Å². The summed E-state index contributed by atoms with van der Waals surface area (Å²) in [5, 5.41) is 0. The molecule has 0 spiro atoms. The molecular formula is C10H19N. The molecule has 0 aliphatic rings. The van der Waals surface area contributed by atoms with Crippen LogP contribution in [-0.4, -0.2) is 23.5 Å². The van der Waals surface area contributed by atoms with Gasteiger partial charge in [-0.25, -0.2) is 0 Å². The zero-order valence-electron chi connectivity index (χ0n) is 8.31. The molecule has 0 N–H and O–H groups in total. The Hall–Kier alpha value is -0.480. The minimum absolute atomic E-state index is 0.593. The number of hydrogen-bond donors (Lipinski definition) is 0. The van der Waals surface area contributed by atoms with Crippen molar-refractivity contribution in [2.24, 2.45) is 0 Å². The highest BCUT2D eigenvalue weighted by molar-refractivity contribution is 4.98. The number of nitrogens with zero attached hydrogens (tertiary/aromatic N) is 1. The maximum absolute atomic E-state index is 3.09. The molecule has 0 aliphatic carbocycles. The zero-order chi connectivity index (χ0) is 8.85. The smallest absolute Gasteiger partial charge is 0.0605 e. The average molecular weight is 153 g/mol. The van der Waals surface area contributed by atoms with Crippen LogP contribution in [0.5, 0.6) is 0 Å². The van der Waals surface area contributed by atoms with E-state index in [2.05, 4.69) is 44.4 Å². The maximum atomic E-state index is 3.09. The van der Waals surface area contributed by atoms with Crippen LogP contribution in [0.25, 0.3) is 0 Å². The van der Waals surface area contributed by atoms with Crippen LogP contribution in [0.2, 0.25) is 0 Å². The fourth-order valence-electron chi connectivity index (χ4n) is 1.13. The lowest BCUT2D eigenvalue weighted by atomic mass is 10.2. The first kappa shape index (κ1) is 10.5. The molecule has 0 aromatic heterocycles. The second-order valence-corrected chi connectivity index (χ2v) is 3.29. The third kappa shape index (κ3) is 4.06. The van der Waals surface area contributed by atoms with Crippen LogP contribution >= 0.6 is 0 Å². The van der Waals surface area contributed by atoms with Crippen LogP contribution in [0.4, 0.5) is 0 Å². The highest BCUT2D eigenvalue weighted by atomic mass is 15.2. The standard InChI is InChI=1S/C10H19N/c1-6-7-8-11(9(2)3)10(4)5/h9-10H,8H2,1-5H3. The van der Waals surface area contributed by atoms with Crippen LogP contribution in [0.3, 0.4) is 0 Å². The second kappa shape index (κ2) is 5.21. The summed E-state index contributed by atoms with van der Waals surface area (Å²) in [4.78, 5) is 2.37. The van der Waals surface area contributed by atoms with Crippen molar-refractivity contribution < 1.29 is 0 Å². The molecule has 1 nitrogen and oxygen atoms in total. The van der Waals surface area contributed by atoms with E-state index in [9.17, 15) is 0 Å². The van der Waals surface area contributed by atoms with Gasteiger partial charge in [0.1, 0.15) is 0 Å². The summed E-state index contributed by atoms with van der Waals surface area (Å²) in [7, 11) is 0. The number of hydrogen-bond acceptors (Lipinski definition) is 1. The van der Waals surface area contributed by atoms with Gasteiger partial charge in [-0.2, -0.15) is 0 Å². The van der Waals surface area contributed by atoms with E-state index < -0.39 is 0 Å². The van der Waals surface area contributed by atoms with Crippen molar-refractivity contribution in [3.05, 3.63) is 0 Å². The van der Waals surface area contributed by atoms with Gasteiger partial charge in [-0.3, -0.25) is 4.90 Å². The van der Waals surface area contributed by atoms with Gasteiger partial charge in [0.25, 0.3) is 0 Å². The first-order chi connectivity index (χ1) is 5.09. The minimum Gasteiger partial charge on any atom is -0.287 e. The molecule has 0 unspecified atom stereocenters. The Labute approximate surface area is 70.8 Å². The highest BCUT2D eigenvalue weighted by Gasteiger charge is 2.10. The minimum atomic E-state index is 0.593. The Morgan fingerprint density at radius 2 is 1.55 bits per heavy atom. The van der Waals surface area contributed by atoms with E-state index in [1.54, 1.807) is 0 Å². The van der Waals surface area contributed by atoms with E-state index in [1.165, 1.54) is 0 Å².